The highest BCUT2D eigenvalue weighted by Gasteiger charge is 1.93. The molecule has 0 rings (SSSR count). The summed E-state index contributed by atoms with van der Waals surface area (Å²) in [5, 5.41) is 16.9. The number of aliphatic hydroxyl groups excluding tert-OH is 2. The SMILES string of the molecule is CCCC.OCCOCCOCCOOCCOCCOCCO. The van der Waals surface area contributed by atoms with E-state index in [-0.39, 0.29) is 13.2 Å². The van der Waals surface area contributed by atoms with E-state index in [0.29, 0.717) is 66.1 Å². The Balaban J connectivity index is 0. The van der Waals surface area contributed by atoms with Crippen molar-refractivity contribution >= 4 is 0 Å². The molecule has 8 heteroatoms. The van der Waals surface area contributed by atoms with E-state index in [4.69, 9.17) is 38.9 Å². The Bertz CT molecular complexity index is 175. The molecule has 0 unspecified atom stereocenters. The molecule has 0 saturated carbocycles. The van der Waals surface area contributed by atoms with Gasteiger partial charge in [0.1, 0.15) is 13.2 Å². The Morgan fingerprint density at radius 3 is 1.04 bits per heavy atom. The van der Waals surface area contributed by atoms with Crippen LogP contribution in [0.4, 0.5) is 0 Å². The molecule has 0 aromatic carbocycles. The number of ether oxygens (including phenoxy) is 4. The highest BCUT2D eigenvalue weighted by Crippen LogP contribution is 1.84. The quantitative estimate of drug-likeness (QED) is 0.211. The van der Waals surface area contributed by atoms with Gasteiger partial charge in [0.2, 0.25) is 0 Å². The second kappa shape index (κ2) is 27.5. The first-order valence-corrected chi connectivity index (χ1v) is 8.60. The Morgan fingerprint density at radius 1 is 0.458 bits per heavy atom. The molecule has 24 heavy (non-hydrogen) atoms. The molecule has 0 aliphatic heterocycles. The lowest BCUT2D eigenvalue weighted by Gasteiger charge is -2.07. The number of rotatable bonds is 18. The number of aliphatic hydroxyl groups is 2. The molecule has 2 N–H and O–H groups in total. The zero-order valence-corrected chi connectivity index (χ0v) is 15.2. The van der Waals surface area contributed by atoms with E-state index in [1.165, 1.54) is 12.8 Å². The van der Waals surface area contributed by atoms with Crippen molar-refractivity contribution in [3.8, 4) is 0 Å². The summed E-state index contributed by atoms with van der Waals surface area (Å²) in [4.78, 5) is 9.71. The number of unbranched alkanes of at least 4 members (excludes halogenated alkanes) is 1. The van der Waals surface area contributed by atoms with Crippen molar-refractivity contribution < 1.29 is 38.9 Å². The first kappa shape index (κ1) is 25.9. The van der Waals surface area contributed by atoms with E-state index in [0.717, 1.165) is 0 Å². The van der Waals surface area contributed by atoms with Crippen molar-refractivity contribution in [2.45, 2.75) is 26.7 Å². The van der Waals surface area contributed by atoms with Gasteiger partial charge in [0.25, 0.3) is 0 Å². The van der Waals surface area contributed by atoms with Crippen LogP contribution in [0.3, 0.4) is 0 Å². The molecule has 0 aromatic heterocycles. The fourth-order valence-corrected chi connectivity index (χ4v) is 1.08. The Morgan fingerprint density at radius 2 is 0.750 bits per heavy atom. The highest BCUT2D eigenvalue weighted by molar-refractivity contribution is 4.32. The summed E-state index contributed by atoms with van der Waals surface area (Å²) in [5.41, 5.74) is 0. The second-order valence-corrected chi connectivity index (χ2v) is 4.54. The lowest BCUT2D eigenvalue weighted by Crippen LogP contribution is -2.13. The van der Waals surface area contributed by atoms with Crippen LogP contribution in [0.2, 0.25) is 0 Å². The third-order valence-electron chi connectivity index (χ3n) is 2.42. The summed E-state index contributed by atoms with van der Waals surface area (Å²) in [7, 11) is 0. The van der Waals surface area contributed by atoms with Crippen molar-refractivity contribution in [1.82, 2.24) is 0 Å². The van der Waals surface area contributed by atoms with Crippen molar-refractivity contribution in [3.05, 3.63) is 0 Å². The minimum absolute atomic E-state index is 0.0204. The smallest absolute Gasteiger partial charge is 0.106 e. The lowest BCUT2D eigenvalue weighted by molar-refractivity contribution is -0.303. The van der Waals surface area contributed by atoms with Gasteiger partial charge >= 0.3 is 0 Å². The van der Waals surface area contributed by atoms with E-state index in [1.807, 2.05) is 0 Å². The van der Waals surface area contributed by atoms with Crippen LogP contribution in [0, 0.1) is 0 Å². The standard InChI is InChI=1S/C12H26O8.C4H10/c13-1-3-15-5-7-17-9-11-19-20-12-10-18-8-6-16-4-2-14;1-3-4-2/h13-14H,1-12H2;3-4H2,1-2H3. The summed E-state index contributed by atoms with van der Waals surface area (Å²) < 4.78 is 20.4. The van der Waals surface area contributed by atoms with Gasteiger partial charge in [0.15, 0.2) is 0 Å². The van der Waals surface area contributed by atoms with Crippen LogP contribution in [0.5, 0.6) is 0 Å². The summed E-state index contributed by atoms with van der Waals surface area (Å²) in [6.45, 7) is 8.37. The van der Waals surface area contributed by atoms with Crippen LogP contribution in [-0.2, 0) is 28.7 Å². The fourth-order valence-electron chi connectivity index (χ4n) is 1.08. The van der Waals surface area contributed by atoms with Crippen molar-refractivity contribution in [2.24, 2.45) is 0 Å². The Kier molecular flexibility index (Phi) is 29.7. The molecule has 0 bridgehead atoms. The first-order chi connectivity index (χ1) is 11.8. The maximum absolute atomic E-state index is 8.45. The lowest BCUT2D eigenvalue weighted by atomic mass is 10.4. The first-order valence-electron chi connectivity index (χ1n) is 8.60. The molecule has 0 aliphatic carbocycles. The summed E-state index contributed by atoms with van der Waals surface area (Å²) in [5.74, 6) is 0. The predicted molar refractivity (Wildman–Crippen MR) is 89.9 cm³/mol. The molecule has 0 atom stereocenters. The average Bonchev–Trinajstić information content (AvgIpc) is 2.61. The minimum Gasteiger partial charge on any atom is -0.394 e. The van der Waals surface area contributed by atoms with Gasteiger partial charge in [-0.1, -0.05) is 26.7 Å². The molecule has 0 saturated heterocycles. The van der Waals surface area contributed by atoms with Gasteiger partial charge in [-0.15, -0.1) is 0 Å². The average molecular weight is 356 g/mol. The van der Waals surface area contributed by atoms with Crippen LogP contribution >= 0.6 is 0 Å². The van der Waals surface area contributed by atoms with Crippen LogP contribution in [0.15, 0.2) is 0 Å². The molecule has 0 amide bonds. The molecule has 0 spiro atoms. The van der Waals surface area contributed by atoms with Crippen molar-refractivity contribution in [1.29, 1.82) is 0 Å². The van der Waals surface area contributed by atoms with E-state index < -0.39 is 0 Å². The maximum atomic E-state index is 8.45. The second-order valence-electron chi connectivity index (χ2n) is 4.54. The Labute approximate surface area is 145 Å². The molecule has 0 fully saturated rings. The molecule has 0 heterocycles. The normalized spacial score (nSPS) is 10.5. The molecular formula is C16H36O8. The highest BCUT2D eigenvalue weighted by atomic mass is 17.2. The monoisotopic (exact) mass is 356 g/mol. The fraction of sp³-hybridized carbons (Fsp3) is 1.00. The molecule has 8 nitrogen and oxygen atoms in total. The van der Waals surface area contributed by atoms with Gasteiger partial charge in [-0.25, -0.2) is 9.78 Å². The number of hydrogen-bond donors (Lipinski definition) is 2. The largest absolute Gasteiger partial charge is 0.394 e. The molecule has 0 radical (unpaired) electrons. The van der Waals surface area contributed by atoms with Crippen LogP contribution in [-0.4, -0.2) is 89.5 Å². The minimum atomic E-state index is 0.0204. The topological polar surface area (TPSA) is 95.8 Å². The van der Waals surface area contributed by atoms with Gasteiger partial charge in [-0.05, 0) is 0 Å². The molecular weight excluding hydrogens is 320 g/mol. The zero-order valence-electron chi connectivity index (χ0n) is 15.2. The summed E-state index contributed by atoms with van der Waals surface area (Å²) >= 11 is 0. The van der Waals surface area contributed by atoms with Gasteiger partial charge in [-0.3, -0.25) is 0 Å². The van der Waals surface area contributed by atoms with Crippen molar-refractivity contribution in [2.75, 3.05) is 79.3 Å². The van der Waals surface area contributed by atoms with E-state index in [9.17, 15) is 0 Å². The van der Waals surface area contributed by atoms with Crippen LogP contribution in [0.25, 0.3) is 0 Å². The summed E-state index contributed by atoms with van der Waals surface area (Å²) in [6, 6.07) is 0. The van der Waals surface area contributed by atoms with E-state index in [1.54, 1.807) is 0 Å². The van der Waals surface area contributed by atoms with Gasteiger partial charge in [0, 0.05) is 0 Å². The third kappa shape index (κ3) is 29.7. The maximum Gasteiger partial charge on any atom is 0.106 e. The molecule has 148 valence electrons. The van der Waals surface area contributed by atoms with E-state index >= 15 is 0 Å². The van der Waals surface area contributed by atoms with Gasteiger partial charge < -0.3 is 29.2 Å². The summed E-state index contributed by atoms with van der Waals surface area (Å²) in [6.07, 6.45) is 2.64. The van der Waals surface area contributed by atoms with Crippen molar-refractivity contribution in [3.63, 3.8) is 0 Å². The van der Waals surface area contributed by atoms with Crippen LogP contribution in [0.1, 0.15) is 26.7 Å². The molecule has 0 aromatic rings. The molecule has 0 aliphatic rings. The van der Waals surface area contributed by atoms with Gasteiger partial charge in [0.05, 0.1) is 66.1 Å². The third-order valence-corrected chi connectivity index (χ3v) is 2.42. The predicted octanol–water partition coefficient (Wildman–Crippen LogP) is 0.792. The van der Waals surface area contributed by atoms with Crippen LogP contribution < -0.4 is 0 Å². The van der Waals surface area contributed by atoms with E-state index in [2.05, 4.69) is 13.8 Å². The van der Waals surface area contributed by atoms with Gasteiger partial charge in [-0.2, -0.15) is 0 Å². The number of hydrogen-bond acceptors (Lipinski definition) is 8. The zero-order chi connectivity index (χ0) is 18.1. The Hall–Kier alpha value is -0.320.